The van der Waals surface area contributed by atoms with Crippen molar-refractivity contribution >= 4 is 10.9 Å². The van der Waals surface area contributed by atoms with E-state index in [1.54, 1.807) is 0 Å². The molecule has 2 aromatic rings. The van der Waals surface area contributed by atoms with Crippen LogP contribution in [0.15, 0.2) is 12.3 Å². The van der Waals surface area contributed by atoms with Crippen molar-refractivity contribution in [3.63, 3.8) is 0 Å². The van der Waals surface area contributed by atoms with Gasteiger partial charge in [-0.3, -0.25) is 5.10 Å². The van der Waals surface area contributed by atoms with Gasteiger partial charge in [-0.2, -0.15) is 5.10 Å². The van der Waals surface area contributed by atoms with Gasteiger partial charge in [0.25, 0.3) is 0 Å². The highest BCUT2D eigenvalue weighted by molar-refractivity contribution is 5.84. The predicted molar refractivity (Wildman–Crippen MR) is 66.4 cm³/mol. The molecular weight excluding hydrogens is 184 g/mol. The molecule has 0 spiro atoms. The topological polar surface area (TPSA) is 28.7 Å². The number of H-pyrrole nitrogens is 1. The summed E-state index contributed by atoms with van der Waals surface area (Å²) in [5, 5.41) is 8.48. The van der Waals surface area contributed by atoms with Crippen LogP contribution in [0.2, 0.25) is 0 Å². The number of aryl methyl sites for hydroxylation is 1. The Labute approximate surface area is 92.2 Å². The molecule has 82 valence electrons. The molecule has 0 amide bonds. The fraction of sp³-hybridized carbons (Fsp3) is 0.462. The van der Waals surface area contributed by atoms with Crippen LogP contribution < -0.4 is 0 Å². The molecule has 15 heavy (non-hydrogen) atoms. The smallest absolute Gasteiger partial charge is 0.0656 e. The second-order valence-corrected chi connectivity index (χ2v) is 4.37. The van der Waals surface area contributed by atoms with Gasteiger partial charge in [-0.15, -0.1) is 0 Å². The number of rotatable bonds is 2. The number of nitrogens with one attached hydrogen (secondary N) is 1. The summed E-state index contributed by atoms with van der Waals surface area (Å²) < 4.78 is 0. The fourth-order valence-electron chi connectivity index (χ4n) is 2.20. The van der Waals surface area contributed by atoms with Crippen molar-refractivity contribution in [3.8, 4) is 0 Å². The second kappa shape index (κ2) is 3.69. The van der Waals surface area contributed by atoms with Crippen LogP contribution in [0.4, 0.5) is 0 Å². The first-order valence-corrected chi connectivity index (χ1v) is 5.58. The highest BCUT2D eigenvalue weighted by atomic mass is 15.1. The van der Waals surface area contributed by atoms with Crippen molar-refractivity contribution in [3.05, 3.63) is 29.0 Å². The molecule has 1 N–H and O–H groups in total. The Kier molecular flexibility index (Phi) is 2.51. The Bertz CT molecular complexity index is 488. The molecule has 2 heteroatoms. The van der Waals surface area contributed by atoms with Crippen molar-refractivity contribution in [2.45, 2.75) is 40.0 Å². The van der Waals surface area contributed by atoms with Crippen molar-refractivity contribution in [2.24, 2.45) is 0 Å². The molecule has 2 nitrogen and oxygen atoms in total. The summed E-state index contributed by atoms with van der Waals surface area (Å²) in [7, 11) is 0. The van der Waals surface area contributed by atoms with Gasteiger partial charge in [0.15, 0.2) is 0 Å². The van der Waals surface area contributed by atoms with E-state index in [0.29, 0.717) is 5.92 Å². The zero-order chi connectivity index (χ0) is 11.0. The van der Waals surface area contributed by atoms with Crippen molar-refractivity contribution in [1.82, 2.24) is 10.2 Å². The summed E-state index contributed by atoms with van der Waals surface area (Å²) in [6.45, 7) is 8.90. The second-order valence-electron chi connectivity index (χ2n) is 4.37. The molecule has 0 aliphatic heterocycles. The zero-order valence-corrected chi connectivity index (χ0v) is 9.89. The highest BCUT2D eigenvalue weighted by Gasteiger charge is 2.13. The molecule has 1 heterocycles. The van der Waals surface area contributed by atoms with E-state index in [1.807, 2.05) is 6.20 Å². The molecular formula is C13H20N2. The van der Waals surface area contributed by atoms with Gasteiger partial charge in [-0.05, 0) is 48.9 Å². The summed E-state index contributed by atoms with van der Waals surface area (Å²) >= 11 is 0. The summed E-state index contributed by atoms with van der Waals surface area (Å²) in [4.78, 5) is 0. The first kappa shape index (κ1) is 10.2. The Hall–Kier alpha value is -1.31. The third-order valence-corrected chi connectivity index (χ3v) is 3.42. The van der Waals surface area contributed by atoms with Gasteiger partial charge in [-0.25, -0.2) is 0 Å². The summed E-state index contributed by atoms with van der Waals surface area (Å²) in [6, 6.07) is 2.18. The lowest BCUT2D eigenvalue weighted by Crippen LogP contribution is -1.98. The largest absolute Gasteiger partial charge is 0.278 e. The molecule has 0 aliphatic carbocycles. The molecule has 0 saturated heterocycles. The number of aromatic amines is 1. The van der Waals surface area contributed by atoms with Gasteiger partial charge < -0.3 is 0 Å². The molecule has 2 rings (SSSR count). The average molecular weight is 204 g/mol. The molecule has 0 radical (unpaired) electrons. The van der Waals surface area contributed by atoms with E-state index in [-0.39, 0.29) is 1.43 Å². The minimum Gasteiger partial charge on any atom is -0.278 e. The minimum absolute atomic E-state index is 0. The molecule has 0 bridgehead atoms. The molecule has 1 aromatic carbocycles. The van der Waals surface area contributed by atoms with Gasteiger partial charge >= 0.3 is 0 Å². The van der Waals surface area contributed by atoms with E-state index >= 15 is 0 Å². The van der Waals surface area contributed by atoms with Crippen molar-refractivity contribution in [1.29, 1.82) is 0 Å². The van der Waals surface area contributed by atoms with Crippen LogP contribution in [0.3, 0.4) is 0 Å². The van der Waals surface area contributed by atoms with E-state index in [1.165, 1.54) is 28.5 Å². The van der Waals surface area contributed by atoms with E-state index < -0.39 is 0 Å². The maximum Gasteiger partial charge on any atom is 0.0656 e. The van der Waals surface area contributed by atoms with E-state index in [2.05, 4.69) is 44.0 Å². The van der Waals surface area contributed by atoms with Crippen LogP contribution in [-0.4, -0.2) is 10.2 Å². The molecule has 1 aromatic heterocycles. The van der Waals surface area contributed by atoms with Gasteiger partial charge in [0.05, 0.1) is 11.7 Å². The van der Waals surface area contributed by atoms with Crippen LogP contribution in [0, 0.1) is 13.8 Å². The first-order valence-electron chi connectivity index (χ1n) is 5.58. The highest BCUT2D eigenvalue weighted by Crippen LogP contribution is 2.31. The molecule has 0 saturated carbocycles. The third kappa shape index (κ3) is 1.54. The number of fused-ring (bicyclic) bond motifs is 1. The van der Waals surface area contributed by atoms with E-state index in [9.17, 15) is 0 Å². The quantitative estimate of drug-likeness (QED) is 0.788. The van der Waals surface area contributed by atoms with Crippen LogP contribution >= 0.6 is 0 Å². The van der Waals surface area contributed by atoms with Crippen LogP contribution in [-0.2, 0) is 0 Å². The Morgan fingerprint density at radius 1 is 1.47 bits per heavy atom. The SMILES string of the molecule is CCC(C)c1c(C)c(C)cc2[nH]ncc12.[HH]. The lowest BCUT2D eigenvalue weighted by atomic mass is 9.89. The lowest BCUT2D eigenvalue weighted by molar-refractivity contribution is 0.733. The van der Waals surface area contributed by atoms with Crippen molar-refractivity contribution in [2.75, 3.05) is 0 Å². The maximum atomic E-state index is 4.14. The molecule has 1 atom stereocenters. The van der Waals surface area contributed by atoms with E-state index in [4.69, 9.17) is 0 Å². The number of nitrogens with zero attached hydrogens (tertiary/aromatic N) is 1. The molecule has 0 aliphatic rings. The summed E-state index contributed by atoms with van der Waals surface area (Å²) in [6.07, 6.45) is 3.12. The van der Waals surface area contributed by atoms with Gasteiger partial charge in [0, 0.05) is 6.81 Å². The number of hydrogen-bond donors (Lipinski definition) is 1. The Balaban J connectivity index is 0.00000128. The van der Waals surface area contributed by atoms with Crippen LogP contribution in [0.1, 0.15) is 44.3 Å². The lowest BCUT2D eigenvalue weighted by Gasteiger charge is -2.15. The van der Waals surface area contributed by atoms with Crippen LogP contribution in [0.25, 0.3) is 10.9 Å². The Morgan fingerprint density at radius 2 is 2.20 bits per heavy atom. The normalized spacial score (nSPS) is 13.3. The first-order chi connectivity index (χ1) is 7.15. The fourth-order valence-corrected chi connectivity index (χ4v) is 2.20. The summed E-state index contributed by atoms with van der Waals surface area (Å²) in [5.74, 6) is 0.602. The van der Waals surface area contributed by atoms with E-state index in [0.717, 1.165) is 5.52 Å². The number of hydrogen-bond acceptors (Lipinski definition) is 1. The van der Waals surface area contributed by atoms with Gasteiger partial charge in [0.1, 0.15) is 0 Å². The Morgan fingerprint density at radius 3 is 2.87 bits per heavy atom. The van der Waals surface area contributed by atoms with Gasteiger partial charge in [-0.1, -0.05) is 13.8 Å². The van der Waals surface area contributed by atoms with Crippen LogP contribution in [0.5, 0.6) is 0 Å². The third-order valence-electron chi connectivity index (χ3n) is 3.42. The average Bonchev–Trinajstić information content (AvgIpc) is 2.66. The summed E-state index contributed by atoms with van der Waals surface area (Å²) in [5.41, 5.74) is 5.38. The molecule has 0 fully saturated rings. The standard InChI is InChI=1S/C13H18N2.H2/c1-5-8(2)13-10(4)9(3)6-12-11(13)7-14-15-12;/h6-8H,5H2,1-4H3,(H,14,15);1H. The zero-order valence-electron chi connectivity index (χ0n) is 9.89. The molecule has 1 unspecified atom stereocenters. The minimum atomic E-state index is 0. The maximum absolute atomic E-state index is 4.14. The monoisotopic (exact) mass is 204 g/mol. The number of benzene rings is 1. The van der Waals surface area contributed by atoms with Gasteiger partial charge in [0.2, 0.25) is 0 Å². The predicted octanol–water partition coefficient (Wildman–Crippen LogP) is 3.94. The van der Waals surface area contributed by atoms with Crippen molar-refractivity contribution < 1.29 is 1.43 Å². The number of aromatic nitrogens is 2.